The Morgan fingerprint density at radius 2 is 1.51 bits per heavy atom. The van der Waals surface area contributed by atoms with Crippen molar-refractivity contribution in [3.8, 4) is 5.75 Å². The molecule has 3 N–H and O–H groups in total. The van der Waals surface area contributed by atoms with Crippen LogP contribution in [-0.4, -0.2) is 29.6 Å². The van der Waals surface area contributed by atoms with Crippen LogP contribution in [0.4, 0.5) is 11.4 Å². The van der Waals surface area contributed by atoms with E-state index in [1.54, 1.807) is 86.0 Å². The molecular formula is C34H32ClN3O4S. The lowest BCUT2D eigenvalue weighted by molar-refractivity contribution is -0.117. The number of nitrogens with one attached hydrogen (secondary N) is 3. The van der Waals surface area contributed by atoms with Crippen LogP contribution < -0.4 is 20.7 Å². The van der Waals surface area contributed by atoms with Gasteiger partial charge in [-0.1, -0.05) is 48.0 Å². The molecule has 0 heterocycles. The summed E-state index contributed by atoms with van der Waals surface area (Å²) in [6, 6.07) is 28.3. The first-order chi connectivity index (χ1) is 20.6. The van der Waals surface area contributed by atoms with E-state index in [0.717, 1.165) is 10.5 Å². The predicted molar refractivity (Wildman–Crippen MR) is 175 cm³/mol. The second-order valence-electron chi connectivity index (χ2n) is 10.1. The number of halogens is 1. The van der Waals surface area contributed by atoms with Crippen LogP contribution in [0.2, 0.25) is 5.02 Å². The number of thioether (sulfide) groups is 1. The van der Waals surface area contributed by atoms with E-state index in [9.17, 15) is 14.4 Å². The molecule has 0 unspecified atom stereocenters. The Kier molecular flexibility index (Phi) is 10.3. The fourth-order valence-corrected chi connectivity index (χ4v) is 5.15. The topological polar surface area (TPSA) is 96.5 Å². The largest absolute Gasteiger partial charge is 0.497 e. The number of methoxy groups -OCH3 is 1. The number of carbonyl (C=O) groups is 3. The predicted octanol–water partition coefficient (Wildman–Crippen LogP) is 7.58. The van der Waals surface area contributed by atoms with Gasteiger partial charge in [0.2, 0.25) is 5.91 Å². The summed E-state index contributed by atoms with van der Waals surface area (Å²) in [5.41, 5.74) is 3.21. The Morgan fingerprint density at radius 1 is 0.837 bits per heavy atom. The zero-order valence-electron chi connectivity index (χ0n) is 24.2. The van der Waals surface area contributed by atoms with Gasteiger partial charge in [0.1, 0.15) is 11.4 Å². The zero-order chi connectivity index (χ0) is 31.0. The maximum Gasteiger partial charge on any atom is 0.272 e. The number of hydrogen-bond acceptors (Lipinski definition) is 5. The van der Waals surface area contributed by atoms with Gasteiger partial charge in [-0.25, -0.2) is 0 Å². The second kappa shape index (κ2) is 14.1. The lowest BCUT2D eigenvalue weighted by Gasteiger charge is -2.24. The van der Waals surface area contributed by atoms with Crippen LogP contribution >= 0.6 is 23.4 Å². The molecule has 4 rings (SSSR count). The van der Waals surface area contributed by atoms with Gasteiger partial charge in [-0.2, -0.15) is 0 Å². The number of anilines is 2. The van der Waals surface area contributed by atoms with E-state index in [0.29, 0.717) is 33.3 Å². The van der Waals surface area contributed by atoms with Crippen molar-refractivity contribution in [1.82, 2.24) is 5.32 Å². The fraction of sp³-hybridized carbons (Fsp3) is 0.147. The van der Waals surface area contributed by atoms with E-state index in [2.05, 4.69) is 16.0 Å². The number of benzene rings is 4. The van der Waals surface area contributed by atoms with E-state index in [1.165, 1.54) is 11.8 Å². The summed E-state index contributed by atoms with van der Waals surface area (Å²) in [5, 5.41) is 9.14. The van der Waals surface area contributed by atoms with Gasteiger partial charge in [0.25, 0.3) is 11.8 Å². The maximum atomic E-state index is 13.3. The molecule has 0 saturated carbocycles. The van der Waals surface area contributed by atoms with E-state index in [-0.39, 0.29) is 11.6 Å². The number of hydrogen-bond donors (Lipinski definition) is 3. The molecule has 4 aromatic rings. The molecule has 0 aliphatic rings. The summed E-state index contributed by atoms with van der Waals surface area (Å²) in [6.07, 6.45) is 1.60. The van der Waals surface area contributed by atoms with Crippen LogP contribution in [0.1, 0.15) is 35.3 Å². The quantitative estimate of drug-likeness (QED) is 0.127. The molecule has 9 heteroatoms. The molecule has 3 amide bonds. The van der Waals surface area contributed by atoms with Crippen molar-refractivity contribution in [1.29, 1.82) is 0 Å². The van der Waals surface area contributed by atoms with Gasteiger partial charge < -0.3 is 20.7 Å². The van der Waals surface area contributed by atoms with Crippen LogP contribution in [0.15, 0.2) is 108 Å². The van der Waals surface area contributed by atoms with Crippen LogP contribution in [0.25, 0.3) is 6.08 Å². The third-order valence-electron chi connectivity index (χ3n) is 6.50. The smallest absolute Gasteiger partial charge is 0.272 e. The highest BCUT2D eigenvalue weighted by Crippen LogP contribution is 2.35. The number of ether oxygens (including phenoxy) is 1. The normalized spacial score (nSPS) is 11.4. The molecule has 43 heavy (non-hydrogen) atoms. The Bertz CT molecular complexity index is 1640. The van der Waals surface area contributed by atoms with Crippen molar-refractivity contribution in [3.05, 3.63) is 124 Å². The van der Waals surface area contributed by atoms with Crippen molar-refractivity contribution >= 4 is 58.5 Å². The molecule has 0 aliphatic carbocycles. The highest BCUT2D eigenvalue weighted by atomic mass is 35.5. The second-order valence-corrected chi connectivity index (χ2v) is 12.2. The molecule has 0 aliphatic heterocycles. The molecule has 220 valence electrons. The Labute approximate surface area is 260 Å². The Balaban J connectivity index is 1.47. The highest BCUT2D eigenvalue weighted by molar-refractivity contribution is 8.01. The van der Waals surface area contributed by atoms with E-state index in [1.807, 2.05) is 45.0 Å². The summed E-state index contributed by atoms with van der Waals surface area (Å²) in [5.74, 6) is -0.384. The number of rotatable bonds is 10. The van der Waals surface area contributed by atoms with E-state index < -0.39 is 16.6 Å². The summed E-state index contributed by atoms with van der Waals surface area (Å²) in [4.78, 5) is 40.2. The van der Waals surface area contributed by atoms with E-state index >= 15 is 0 Å². The monoisotopic (exact) mass is 613 g/mol. The summed E-state index contributed by atoms with van der Waals surface area (Å²) in [7, 11) is 1.57. The molecule has 0 aromatic heterocycles. The summed E-state index contributed by atoms with van der Waals surface area (Å²) in [6.45, 7) is 5.54. The van der Waals surface area contributed by atoms with Crippen LogP contribution in [-0.2, 0) is 9.59 Å². The maximum absolute atomic E-state index is 13.3. The van der Waals surface area contributed by atoms with Crippen molar-refractivity contribution in [2.45, 2.75) is 30.4 Å². The first-order valence-corrected chi connectivity index (χ1v) is 14.6. The molecule has 0 bridgehead atoms. The van der Waals surface area contributed by atoms with Gasteiger partial charge in [-0.05, 0) is 98.6 Å². The van der Waals surface area contributed by atoms with Crippen molar-refractivity contribution < 1.29 is 19.1 Å². The average Bonchev–Trinajstić information content (AvgIpc) is 3.00. The Hall–Kier alpha value is -4.53. The average molecular weight is 614 g/mol. The van der Waals surface area contributed by atoms with Crippen LogP contribution in [0, 0.1) is 6.92 Å². The minimum Gasteiger partial charge on any atom is -0.497 e. The van der Waals surface area contributed by atoms with Gasteiger partial charge in [-0.3, -0.25) is 14.4 Å². The summed E-state index contributed by atoms with van der Waals surface area (Å²) >= 11 is 7.59. The van der Waals surface area contributed by atoms with Gasteiger partial charge >= 0.3 is 0 Å². The molecule has 0 atom stereocenters. The van der Waals surface area contributed by atoms with Gasteiger partial charge in [-0.15, -0.1) is 11.8 Å². The first kappa shape index (κ1) is 31.4. The zero-order valence-corrected chi connectivity index (χ0v) is 25.8. The molecule has 7 nitrogen and oxygen atoms in total. The molecule has 0 spiro atoms. The van der Waals surface area contributed by atoms with Crippen molar-refractivity contribution in [2.75, 3.05) is 17.7 Å². The number of amides is 3. The molecule has 4 aromatic carbocycles. The lowest BCUT2D eigenvalue weighted by atomic mass is 10.1. The molecular weight excluding hydrogens is 582 g/mol. The van der Waals surface area contributed by atoms with Crippen LogP contribution in [0.3, 0.4) is 0 Å². The fourth-order valence-electron chi connectivity index (χ4n) is 3.97. The lowest BCUT2D eigenvalue weighted by Crippen LogP contribution is -2.34. The van der Waals surface area contributed by atoms with E-state index in [4.69, 9.17) is 16.3 Å². The van der Waals surface area contributed by atoms with Crippen molar-refractivity contribution in [3.63, 3.8) is 0 Å². The SMILES string of the molecule is COc1ccc(/C=C(\NC(=O)c2ccccc2)C(=O)Nc2ccc(SC(C)(C)C(=O)Nc3cccc(Cl)c3C)cc2)cc1. The van der Waals surface area contributed by atoms with Crippen molar-refractivity contribution in [2.24, 2.45) is 0 Å². The first-order valence-electron chi connectivity index (χ1n) is 13.4. The number of carbonyl (C=O) groups excluding carboxylic acids is 3. The standard InChI is InChI=1S/C34H32ClN3O4S/c1-22-28(35)11-8-12-29(22)38-33(41)34(2,3)43-27-19-15-25(16-20-27)36-32(40)30(21-23-13-17-26(42-4)18-14-23)37-31(39)24-9-6-5-7-10-24/h5-21H,1-4H3,(H,36,40)(H,37,39)(H,38,41)/b30-21-. The minimum atomic E-state index is -0.796. The Morgan fingerprint density at radius 3 is 2.16 bits per heavy atom. The summed E-state index contributed by atoms with van der Waals surface area (Å²) < 4.78 is 4.42. The van der Waals surface area contributed by atoms with Gasteiger partial charge in [0.15, 0.2) is 0 Å². The van der Waals surface area contributed by atoms with Gasteiger partial charge in [0.05, 0.1) is 11.9 Å². The molecule has 0 radical (unpaired) electrons. The molecule has 0 fully saturated rings. The van der Waals surface area contributed by atoms with Gasteiger partial charge in [0, 0.05) is 26.9 Å². The van der Waals surface area contributed by atoms with Crippen LogP contribution in [0.5, 0.6) is 5.75 Å². The highest BCUT2D eigenvalue weighted by Gasteiger charge is 2.29. The third kappa shape index (κ3) is 8.50. The molecule has 0 saturated heterocycles. The third-order valence-corrected chi connectivity index (χ3v) is 8.12. The minimum absolute atomic E-state index is 0.0755.